The Balaban J connectivity index is 1.77. The summed E-state index contributed by atoms with van der Waals surface area (Å²) in [5.41, 5.74) is 1.98. The summed E-state index contributed by atoms with van der Waals surface area (Å²) in [5, 5.41) is 14.2. The van der Waals surface area contributed by atoms with Crippen LogP contribution in [0.2, 0.25) is 0 Å². The molecule has 0 aliphatic heterocycles. The fourth-order valence-corrected chi connectivity index (χ4v) is 3.50. The highest BCUT2D eigenvalue weighted by Gasteiger charge is 2.29. The molecule has 0 saturated heterocycles. The molecule has 4 heterocycles. The predicted molar refractivity (Wildman–Crippen MR) is 124 cm³/mol. The number of hydrogen-bond acceptors (Lipinski definition) is 6. The van der Waals surface area contributed by atoms with E-state index in [1.807, 2.05) is 19.1 Å². The van der Waals surface area contributed by atoms with E-state index in [2.05, 4.69) is 25.3 Å². The molecular formula is C25H25F2N5O. The Morgan fingerprint density at radius 2 is 1.79 bits per heavy atom. The minimum Gasteiger partial charge on any atom is -0.386 e. The normalized spacial score (nSPS) is 12.2. The summed E-state index contributed by atoms with van der Waals surface area (Å²) >= 11 is 0. The first-order valence-corrected chi connectivity index (χ1v) is 10.7. The lowest BCUT2D eigenvalue weighted by Crippen LogP contribution is -2.15. The van der Waals surface area contributed by atoms with E-state index in [4.69, 9.17) is 0 Å². The van der Waals surface area contributed by atoms with Crippen molar-refractivity contribution in [3.05, 3.63) is 71.7 Å². The maximum absolute atomic E-state index is 14.1. The average molecular weight is 450 g/mol. The second-order valence-electron chi connectivity index (χ2n) is 8.49. The molecule has 4 rings (SSSR count). The number of nitrogens with zero attached hydrogens (tertiary/aromatic N) is 4. The standard InChI is InChI=1S/C25H25F2N5O/c1-5-16-13-20(31-21-11-8-15(14-29-21)24(2,3)33)17-9-10-19(32-23(17)30-16)22-18(25(4,26)27)7-6-12-28-22/h6-14,33H,5H2,1-4H3,(H,29,30,31,32). The van der Waals surface area contributed by atoms with E-state index in [9.17, 15) is 13.9 Å². The van der Waals surface area contributed by atoms with E-state index >= 15 is 0 Å². The second kappa shape index (κ2) is 8.44. The fourth-order valence-electron chi connectivity index (χ4n) is 3.50. The lowest BCUT2D eigenvalue weighted by Gasteiger charge is -2.18. The number of hydrogen-bond donors (Lipinski definition) is 2. The smallest absolute Gasteiger partial charge is 0.272 e. The molecule has 0 atom stereocenters. The van der Waals surface area contributed by atoms with Crippen LogP contribution >= 0.6 is 0 Å². The van der Waals surface area contributed by atoms with Crippen LogP contribution < -0.4 is 5.32 Å². The fraction of sp³-hybridized carbons (Fsp3) is 0.280. The van der Waals surface area contributed by atoms with Crippen LogP contribution in [0.1, 0.15) is 44.5 Å². The number of aromatic nitrogens is 4. The molecule has 4 aromatic heterocycles. The lowest BCUT2D eigenvalue weighted by atomic mass is 10.0. The molecule has 8 heteroatoms. The van der Waals surface area contributed by atoms with Crippen LogP contribution in [0.4, 0.5) is 20.3 Å². The molecule has 0 aliphatic rings. The molecule has 4 aromatic rings. The van der Waals surface area contributed by atoms with Gasteiger partial charge >= 0.3 is 0 Å². The van der Waals surface area contributed by atoms with Crippen LogP contribution in [0.15, 0.2) is 54.9 Å². The van der Waals surface area contributed by atoms with Gasteiger partial charge < -0.3 is 10.4 Å². The van der Waals surface area contributed by atoms with Gasteiger partial charge in [0.2, 0.25) is 0 Å². The summed E-state index contributed by atoms with van der Waals surface area (Å²) in [6, 6.07) is 11.8. The number of fused-ring (bicyclic) bond motifs is 1. The topological polar surface area (TPSA) is 83.8 Å². The third kappa shape index (κ3) is 4.80. The van der Waals surface area contributed by atoms with Crippen molar-refractivity contribution < 1.29 is 13.9 Å². The van der Waals surface area contributed by atoms with Crippen molar-refractivity contribution in [2.24, 2.45) is 0 Å². The second-order valence-corrected chi connectivity index (χ2v) is 8.49. The highest BCUT2D eigenvalue weighted by Crippen LogP contribution is 2.35. The van der Waals surface area contributed by atoms with Crippen molar-refractivity contribution >= 4 is 22.5 Å². The van der Waals surface area contributed by atoms with Gasteiger partial charge in [-0.1, -0.05) is 13.0 Å². The van der Waals surface area contributed by atoms with E-state index in [0.29, 0.717) is 29.1 Å². The highest BCUT2D eigenvalue weighted by atomic mass is 19.3. The van der Waals surface area contributed by atoms with Crippen molar-refractivity contribution in [3.63, 3.8) is 0 Å². The van der Waals surface area contributed by atoms with Gasteiger partial charge in [0.1, 0.15) is 5.82 Å². The van der Waals surface area contributed by atoms with Crippen LogP contribution in [0, 0.1) is 0 Å². The molecule has 170 valence electrons. The first kappa shape index (κ1) is 22.7. The minimum atomic E-state index is -3.05. The molecule has 0 bridgehead atoms. The van der Waals surface area contributed by atoms with Gasteiger partial charge in [-0.3, -0.25) is 4.98 Å². The Hall–Kier alpha value is -3.52. The summed E-state index contributed by atoms with van der Waals surface area (Å²) in [5.74, 6) is -2.45. The Kier molecular flexibility index (Phi) is 5.80. The quantitative estimate of drug-likeness (QED) is 0.391. The van der Waals surface area contributed by atoms with E-state index < -0.39 is 11.5 Å². The molecule has 2 N–H and O–H groups in total. The number of pyridine rings is 4. The summed E-state index contributed by atoms with van der Waals surface area (Å²) in [6.07, 6.45) is 3.77. The molecule has 33 heavy (non-hydrogen) atoms. The summed E-state index contributed by atoms with van der Waals surface area (Å²) in [7, 11) is 0. The van der Waals surface area contributed by atoms with Crippen molar-refractivity contribution in [3.8, 4) is 11.4 Å². The molecule has 0 saturated carbocycles. The van der Waals surface area contributed by atoms with E-state index in [-0.39, 0.29) is 11.3 Å². The zero-order chi connectivity index (χ0) is 23.8. The Morgan fingerprint density at radius 3 is 2.42 bits per heavy atom. The summed E-state index contributed by atoms with van der Waals surface area (Å²) in [4.78, 5) is 17.7. The van der Waals surface area contributed by atoms with E-state index in [1.165, 1.54) is 18.3 Å². The number of alkyl halides is 2. The molecule has 0 unspecified atom stereocenters. The van der Waals surface area contributed by atoms with Gasteiger partial charge in [0, 0.05) is 41.5 Å². The van der Waals surface area contributed by atoms with Crippen LogP contribution in [0.3, 0.4) is 0 Å². The van der Waals surface area contributed by atoms with Gasteiger partial charge in [-0.05, 0) is 56.7 Å². The van der Waals surface area contributed by atoms with E-state index in [0.717, 1.165) is 23.7 Å². The monoisotopic (exact) mass is 449 g/mol. The van der Waals surface area contributed by atoms with Gasteiger partial charge in [0.25, 0.3) is 5.92 Å². The highest BCUT2D eigenvalue weighted by molar-refractivity contribution is 5.92. The molecule has 0 aliphatic carbocycles. The average Bonchev–Trinajstić information content (AvgIpc) is 2.77. The first-order chi connectivity index (χ1) is 15.6. The molecular weight excluding hydrogens is 424 g/mol. The van der Waals surface area contributed by atoms with Gasteiger partial charge in [-0.2, -0.15) is 0 Å². The van der Waals surface area contributed by atoms with E-state index in [1.54, 1.807) is 38.2 Å². The van der Waals surface area contributed by atoms with Gasteiger partial charge in [-0.15, -0.1) is 0 Å². The molecule has 0 spiro atoms. The summed E-state index contributed by atoms with van der Waals surface area (Å²) in [6.45, 7) is 6.23. The zero-order valence-electron chi connectivity index (χ0n) is 18.9. The lowest BCUT2D eigenvalue weighted by molar-refractivity contribution is 0.0177. The van der Waals surface area contributed by atoms with Gasteiger partial charge in [-0.25, -0.2) is 23.7 Å². The predicted octanol–water partition coefficient (Wildman–Crippen LogP) is 5.73. The molecule has 0 amide bonds. The number of aryl methyl sites for hydroxylation is 1. The number of nitrogens with one attached hydrogen (secondary N) is 1. The number of aliphatic hydroxyl groups is 1. The maximum atomic E-state index is 14.1. The largest absolute Gasteiger partial charge is 0.386 e. The maximum Gasteiger partial charge on any atom is 0.272 e. The molecule has 0 aromatic carbocycles. The van der Waals surface area contributed by atoms with Crippen molar-refractivity contribution in [1.29, 1.82) is 0 Å². The Labute approximate surface area is 190 Å². The number of anilines is 2. The summed E-state index contributed by atoms with van der Waals surface area (Å²) < 4.78 is 28.3. The van der Waals surface area contributed by atoms with Crippen LogP contribution in [-0.2, 0) is 17.9 Å². The molecule has 0 fully saturated rings. The number of halogens is 2. The SMILES string of the molecule is CCc1cc(Nc2ccc(C(C)(C)O)cn2)c2ccc(-c3ncccc3C(C)(F)F)nc2n1. The Morgan fingerprint density at radius 1 is 1.00 bits per heavy atom. The van der Waals surface area contributed by atoms with Crippen molar-refractivity contribution in [1.82, 2.24) is 19.9 Å². The molecule has 0 radical (unpaired) electrons. The first-order valence-electron chi connectivity index (χ1n) is 10.7. The van der Waals surface area contributed by atoms with Crippen molar-refractivity contribution in [2.75, 3.05) is 5.32 Å². The van der Waals surface area contributed by atoms with Crippen LogP contribution in [0.5, 0.6) is 0 Å². The zero-order valence-corrected chi connectivity index (χ0v) is 18.9. The number of rotatable bonds is 6. The molecule has 6 nitrogen and oxygen atoms in total. The van der Waals surface area contributed by atoms with Gasteiger partial charge in [0.05, 0.1) is 22.7 Å². The van der Waals surface area contributed by atoms with Gasteiger partial charge in [0.15, 0.2) is 5.65 Å². The third-order valence-electron chi connectivity index (χ3n) is 5.34. The van der Waals surface area contributed by atoms with Crippen LogP contribution in [0.25, 0.3) is 22.4 Å². The van der Waals surface area contributed by atoms with Crippen LogP contribution in [-0.4, -0.2) is 25.0 Å². The Bertz CT molecular complexity index is 1300. The third-order valence-corrected chi connectivity index (χ3v) is 5.34. The minimum absolute atomic E-state index is 0.133. The van der Waals surface area contributed by atoms with Crippen molar-refractivity contribution in [2.45, 2.75) is 45.6 Å².